The van der Waals surface area contributed by atoms with Crippen LogP contribution in [0, 0.1) is 0 Å². The van der Waals surface area contributed by atoms with E-state index in [0.29, 0.717) is 12.8 Å². The summed E-state index contributed by atoms with van der Waals surface area (Å²) in [6, 6.07) is 23.1. The lowest BCUT2D eigenvalue weighted by molar-refractivity contribution is -0.142. The minimum absolute atomic E-state index is 0.115. The largest absolute Gasteiger partial charge is 0.332 e. The number of carbonyl (C=O) groups excluding carboxylic acids is 2. The first-order valence-corrected chi connectivity index (χ1v) is 10.8. The molecule has 0 spiro atoms. The van der Waals surface area contributed by atoms with Crippen LogP contribution >= 0.6 is 0 Å². The lowest BCUT2D eigenvalue weighted by Crippen LogP contribution is -2.56. The summed E-state index contributed by atoms with van der Waals surface area (Å²) >= 11 is 0. The Balaban J connectivity index is 1.79. The molecular formula is C26H32N4O2. The maximum Gasteiger partial charge on any atom is 0.257 e. The van der Waals surface area contributed by atoms with Crippen LogP contribution in [0.5, 0.6) is 0 Å². The average Bonchev–Trinajstić information content (AvgIpc) is 2.80. The summed E-state index contributed by atoms with van der Waals surface area (Å²) in [5.74, 6) is -0.328. The van der Waals surface area contributed by atoms with Crippen LogP contribution < -0.4 is 10.7 Å². The molecule has 3 aromatic rings. The normalized spacial score (nSPS) is 13.0. The Kier molecular flexibility index (Phi) is 7.98. The second-order valence-corrected chi connectivity index (χ2v) is 8.25. The number of benzene rings is 3. The number of nitrogens with zero attached hydrogens (tertiary/aromatic N) is 2. The highest BCUT2D eigenvalue weighted by Crippen LogP contribution is 2.18. The first kappa shape index (κ1) is 23.4. The molecular weight excluding hydrogens is 400 g/mol. The summed E-state index contributed by atoms with van der Waals surface area (Å²) in [4.78, 5) is 27.9. The van der Waals surface area contributed by atoms with Crippen LogP contribution in [0.25, 0.3) is 10.8 Å². The third kappa shape index (κ3) is 5.93. The van der Waals surface area contributed by atoms with Crippen molar-refractivity contribution in [2.24, 2.45) is 0 Å². The molecule has 0 aromatic heterocycles. The molecule has 0 radical (unpaired) electrons. The second kappa shape index (κ2) is 10.9. The number of carbonyl (C=O) groups is 2. The molecule has 3 aromatic carbocycles. The summed E-state index contributed by atoms with van der Waals surface area (Å²) in [5, 5.41) is 7.06. The van der Waals surface area contributed by atoms with Gasteiger partial charge in [-0.25, -0.2) is 5.01 Å². The van der Waals surface area contributed by atoms with Crippen molar-refractivity contribution in [3.05, 3.63) is 83.9 Å². The minimum atomic E-state index is -0.625. The van der Waals surface area contributed by atoms with Gasteiger partial charge in [0.15, 0.2) is 0 Å². The van der Waals surface area contributed by atoms with Gasteiger partial charge in [-0.3, -0.25) is 15.0 Å². The monoisotopic (exact) mass is 432 g/mol. The maximum absolute atomic E-state index is 13.4. The molecule has 3 rings (SSSR count). The predicted octanol–water partition coefficient (Wildman–Crippen LogP) is 2.63. The van der Waals surface area contributed by atoms with Crippen molar-refractivity contribution in [1.82, 2.24) is 20.7 Å². The Bertz CT molecular complexity index is 1050. The summed E-state index contributed by atoms with van der Waals surface area (Å²) in [6.07, 6.45) is 0.979. The van der Waals surface area contributed by atoms with Gasteiger partial charge in [-0.15, -0.1) is 0 Å². The van der Waals surface area contributed by atoms with E-state index in [9.17, 15) is 9.59 Å². The van der Waals surface area contributed by atoms with Crippen LogP contribution in [0.15, 0.2) is 72.8 Å². The zero-order valence-electron chi connectivity index (χ0n) is 19.2. The number of hydrogen-bond donors (Lipinski definition) is 2. The Hall–Kier alpha value is -3.22. The molecule has 32 heavy (non-hydrogen) atoms. The Labute approximate surface area is 190 Å². The maximum atomic E-state index is 13.4. The second-order valence-electron chi connectivity index (χ2n) is 8.25. The molecule has 0 fully saturated rings. The summed E-state index contributed by atoms with van der Waals surface area (Å²) in [6.45, 7) is 0. The Morgan fingerprint density at radius 2 is 1.47 bits per heavy atom. The molecule has 0 saturated carbocycles. The molecule has 2 unspecified atom stereocenters. The summed E-state index contributed by atoms with van der Waals surface area (Å²) in [7, 11) is 7.00. The van der Waals surface area contributed by atoms with Crippen LogP contribution in [0.3, 0.4) is 0 Å². The molecule has 0 aliphatic rings. The van der Waals surface area contributed by atoms with Gasteiger partial charge in [0.05, 0.1) is 6.04 Å². The lowest BCUT2D eigenvalue weighted by atomic mass is 9.99. The highest BCUT2D eigenvalue weighted by Gasteiger charge is 2.31. The first-order valence-electron chi connectivity index (χ1n) is 10.8. The van der Waals surface area contributed by atoms with Crippen molar-refractivity contribution >= 4 is 22.6 Å². The van der Waals surface area contributed by atoms with Gasteiger partial charge in [-0.2, -0.15) is 0 Å². The molecule has 6 heteroatoms. The van der Waals surface area contributed by atoms with E-state index in [1.807, 2.05) is 42.5 Å². The van der Waals surface area contributed by atoms with Crippen LogP contribution in [0.1, 0.15) is 11.1 Å². The Morgan fingerprint density at radius 1 is 0.812 bits per heavy atom. The van der Waals surface area contributed by atoms with Crippen molar-refractivity contribution in [2.45, 2.75) is 24.9 Å². The number of nitrogens with one attached hydrogen (secondary N) is 2. The number of hydrogen-bond acceptors (Lipinski definition) is 4. The number of likely N-dealkylation sites (N-methyl/N-ethyl adjacent to an activating group) is 2. The molecule has 0 saturated heterocycles. The van der Waals surface area contributed by atoms with E-state index in [1.165, 1.54) is 5.39 Å². The lowest BCUT2D eigenvalue weighted by Gasteiger charge is -2.31. The average molecular weight is 433 g/mol. The van der Waals surface area contributed by atoms with E-state index < -0.39 is 12.1 Å². The first-order chi connectivity index (χ1) is 15.4. The zero-order chi connectivity index (χ0) is 23.1. The van der Waals surface area contributed by atoms with Crippen molar-refractivity contribution in [3.63, 3.8) is 0 Å². The molecule has 2 amide bonds. The quantitative estimate of drug-likeness (QED) is 0.510. The van der Waals surface area contributed by atoms with E-state index in [1.54, 1.807) is 38.1 Å². The van der Waals surface area contributed by atoms with Gasteiger partial charge >= 0.3 is 0 Å². The fourth-order valence-corrected chi connectivity index (χ4v) is 3.85. The Morgan fingerprint density at radius 3 is 2.12 bits per heavy atom. The molecule has 6 nitrogen and oxygen atoms in total. The van der Waals surface area contributed by atoms with E-state index in [2.05, 4.69) is 41.1 Å². The van der Waals surface area contributed by atoms with E-state index in [4.69, 9.17) is 0 Å². The number of amides is 2. The molecule has 168 valence electrons. The van der Waals surface area contributed by atoms with Crippen molar-refractivity contribution in [1.29, 1.82) is 0 Å². The zero-order valence-corrected chi connectivity index (χ0v) is 19.2. The van der Waals surface area contributed by atoms with E-state index in [0.717, 1.165) is 16.5 Å². The van der Waals surface area contributed by atoms with Gasteiger partial charge < -0.3 is 10.2 Å². The molecule has 2 atom stereocenters. The van der Waals surface area contributed by atoms with Gasteiger partial charge in [-0.05, 0) is 35.4 Å². The van der Waals surface area contributed by atoms with Gasteiger partial charge in [0.1, 0.15) is 6.04 Å². The molecule has 0 aliphatic heterocycles. The smallest absolute Gasteiger partial charge is 0.257 e. The van der Waals surface area contributed by atoms with Crippen LogP contribution in [-0.4, -0.2) is 62.0 Å². The third-order valence-corrected chi connectivity index (χ3v) is 5.62. The van der Waals surface area contributed by atoms with Gasteiger partial charge in [-0.1, -0.05) is 72.8 Å². The fraction of sp³-hybridized carbons (Fsp3) is 0.308. The van der Waals surface area contributed by atoms with E-state index in [-0.39, 0.29) is 11.8 Å². The van der Waals surface area contributed by atoms with Crippen molar-refractivity contribution in [3.8, 4) is 0 Å². The number of fused-ring (bicyclic) bond motifs is 1. The molecule has 0 bridgehead atoms. The van der Waals surface area contributed by atoms with Crippen LogP contribution in [0.4, 0.5) is 0 Å². The van der Waals surface area contributed by atoms with E-state index >= 15 is 0 Å². The highest BCUT2D eigenvalue weighted by molar-refractivity contribution is 5.90. The predicted molar refractivity (Wildman–Crippen MR) is 129 cm³/mol. The van der Waals surface area contributed by atoms with Crippen LogP contribution in [-0.2, 0) is 22.4 Å². The summed E-state index contributed by atoms with van der Waals surface area (Å²) < 4.78 is 0. The minimum Gasteiger partial charge on any atom is -0.332 e. The van der Waals surface area contributed by atoms with Gasteiger partial charge in [0.25, 0.3) is 5.91 Å². The SMILES string of the molecule is CNC(Cc1ccc2ccccc2c1)C(=O)N(C)C(Cc1ccccc1)C(=O)NN(C)C. The number of rotatable bonds is 9. The topological polar surface area (TPSA) is 64.7 Å². The molecule has 2 N–H and O–H groups in total. The highest BCUT2D eigenvalue weighted by atomic mass is 16.2. The van der Waals surface area contributed by atoms with Gasteiger partial charge in [0, 0.05) is 27.6 Å². The third-order valence-electron chi connectivity index (χ3n) is 5.62. The fourth-order valence-electron chi connectivity index (χ4n) is 3.85. The van der Waals surface area contributed by atoms with Gasteiger partial charge in [0.2, 0.25) is 5.91 Å². The standard InChI is InChI=1S/C26H32N4O2/c1-27-23(17-20-14-15-21-12-8-9-13-22(21)16-20)26(32)30(4)24(25(31)28-29(2)3)18-19-10-6-5-7-11-19/h5-16,23-24,27H,17-18H2,1-4H3,(H,28,31). The van der Waals surface area contributed by atoms with Crippen molar-refractivity contribution < 1.29 is 9.59 Å². The van der Waals surface area contributed by atoms with Crippen LogP contribution in [0.2, 0.25) is 0 Å². The molecule has 0 heterocycles. The number of hydrazine groups is 1. The van der Waals surface area contributed by atoms with Crippen molar-refractivity contribution in [2.75, 3.05) is 28.2 Å². The summed E-state index contributed by atoms with van der Waals surface area (Å²) in [5.41, 5.74) is 4.88. The molecule has 0 aliphatic carbocycles.